The van der Waals surface area contributed by atoms with E-state index < -0.39 is 5.60 Å². The normalized spacial score (nSPS) is 23.7. The van der Waals surface area contributed by atoms with Gasteiger partial charge in [-0.25, -0.2) is 4.79 Å². The van der Waals surface area contributed by atoms with Gasteiger partial charge in [-0.1, -0.05) is 60.7 Å². The van der Waals surface area contributed by atoms with E-state index in [1.165, 1.54) is 0 Å². The zero-order valence-electron chi connectivity index (χ0n) is 17.0. The van der Waals surface area contributed by atoms with Gasteiger partial charge in [0.25, 0.3) is 0 Å². The molecule has 156 valence electrons. The summed E-state index contributed by atoms with van der Waals surface area (Å²) in [6.45, 7) is 3.33. The molecule has 3 aliphatic rings. The number of hydrogen-bond acceptors (Lipinski definition) is 4. The minimum absolute atomic E-state index is 0.0682. The standard InChI is InChI=1S/C24H27N3O3/c28-22(18-11-13-25-14-12-18)26-15-16-27-21(17-26)24(30-23(27)29,19-7-3-1-4-8-19)20-9-5-2-6-10-20/h1-10,18,21,25H,11-17H2. The highest BCUT2D eigenvalue weighted by molar-refractivity contribution is 5.80. The topological polar surface area (TPSA) is 61.9 Å². The van der Waals surface area contributed by atoms with Gasteiger partial charge in [-0.15, -0.1) is 0 Å². The van der Waals surface area contributed by atoms with E-state index in [0.717, 1.165) is 37.1 Å². The van der Waals surface area contributed by atoms with Crippen LogP contribution in [0.15, 0.2) is 60.7 Å². The van der Waals surface area contributed by atoms with Gasteiger partial charge in [-0.3, -0.25) is 9.69 Å². The summed E-state index contributed by atoms with van der Waals surface area (Å²) >= 11 is 0. The highest BCUT2D eigenvalue weighted by atomic mass is 16.6. The SMILES string of the molecule is O=C(C1CCNCC1)N1CCN2C(=O)OC(c3ccccc3)(c3ccccc3)C2C1. The first kappa shape index (κ1) is 19.1. The average molecular weight is 405 g/mol. The Balaban J connectivity index is 1.53. The lowest BCUT2D eigenvalue weighted by atomic mass is 9.79. The molecule has 0 aliphatic carbocycles. The third-order valence-electron chi connectivity index (χ3n) is 6.74. The van der Waals surface area contributed by atoms with E-state index >= 15 is 0 Å². The van der Waals surface area contributed by atoms with Crippen molar-refractivity contribution in [3.8, 4) is 0 Å². The predicted octanol–water partition coefficient (Wildman–Crippen LogP) is 2.59. The molecule has 3 fully saturated rings. The Hall–Kier alpha value is -2.86. The van der Waals surface area contributed by atoms with Crippen molar-refractivity contribution in [1.29, 1.82) is 0 Å². The second-order valence-electron chi connectivity index (χ2n) is 8.35. The van der Waals surface area contributed by atoms with Crippen LogP contribution >= 0.6 is 0 Å². The monoisotopic (exact) mass is 405 g/mol. The molecule has 6 nitrogen and oxygen atoms in total. The second kappa shape index (κ2) is 7.76. The van der Waals surface area contributed by atoms with Gasteiger partial charge in [0, 0.05) is 36.7 Å². The minimum atomic E-state index is -0.924. The molecule has 3 saturated heterocycles. The number of carbonyl (C=O) groups is 2. The number of carbonyl (C=O) groups excluding carboxylic acids is 2. The number of hydrogen-bond donors (Lipinski definition) is 1. The molecule has 3 aliphatic heterocycles. The maximum atomic E-state index is 13.3. The third kappa shape index (κ3) is 3.06. The smallest absolute Gasteiger partial charge is 0.411 e. The number of rotatable bonds is 3. The molecular formula is C24H27N3O3. The van der Waals surface area contributed by atoms with E-state index in [1.807, 2.05) is 70.5 Å². The number of piperazine rings is 1. The maximum Gasteiger partial charge on any atom is 0.411 e. The fraction of sp³-hybridized carbons (Fsp3) is 0.417. The van der Waals surface area contributed by atoms with Crippen LogP contribution in [0.25, 0.3) is 0 Å². The molecule has 0 spiro atoms. The summed E-state index contributed by atoms with van der Waals surface area (Å²) in [7, 11) is 0. The third-order valence-corrected chi connectivity index (χ3v) is 6.74. The van der Waals surface area contributed by atoms with Gasteiger partial charge in [0.1, 0.15) is 6.04 Å². The van der Waals surface area contributed by atoms with Gasteiger partial charge in [-0.05, 0) is 25.9 Å². The zero-order chi connectivity index (χ0) is 20.6. The Morgan fingerprint density at radius 1 is 0.933 bits per heavy atom. The molecule has 5 rings (SSSR count). The zero-order valence-corrected chi connectivity index (χ0v) is 17.0. The Bertz CT molecular complexity index is 872. The van der Waals surface area contributed by atoms with Crippen LogP contribution < -0.4 is 5.32 Å². The van der Waals surface area contributed by atoms with Gasteiger partial charge >= 0.3 is 6.09 Å². The molecule has 2 amide bonds. The summed E-state index contributed by atoms with van der Waals surface area (Å²) in [6.07, 6.45) is 1.45. The number of nitrogens with one attached hydrogen (secondary N) is 1. The number of nitrogens with zero attached hydrogens (tertiary/aromatic N) is 2. The molecule has 2 aromatic rings. The molecule has 0 radical (unpaired) electrons. The number of benzene rings is 2. The van der Waals surface area contributed by atoms with Crippen molar-refractivity contribution in [2.24, 2.45) is 5.92 Å². The first-order valence-corrected chi connectivity index (χ1v) is 10.8. The lowest BCUT2D eigenvalue weighted by Crippen LogP contribution is -2.59. The van der Waals surface area contributed by atoms with Crippen molar-refractivity contribution in [3.05, 3.63) is 71.8 Å². The highest BCUT2D eigenvalue weighted by Gasteiger charge is 2.58. The van der Waals surface area contributed by atoms with Crippen molar-refractivity contribution >= 4 is 12.0 Å². The van der Waals surface area contributed by atoms with Crippen molar-refractivity contribution in [3.63, 3.8) is 0 Å². The maximum absolute atomic E-state index is 13.3. The van der Waals surface area contributed by atoms with Crippen LogP contribution in [0.3, 0.4) is 0 Å². The molecule has 1 N–H and O–H groups in total. The van der Waals surface area contributed by atoms with E-state index in [1.54, 1.807) is 0 Å². The van der Waals surface area contributed by atoms with Gasteiger partial charge in [0.05, 0.1) is 0 Å². The van der Waals surface area contributed by atoms with Gasteiger partial charge in [-0.2, -0.15) is 0 Å². The largest absolute Gasteiger partial charge is 0.431 e. The van der Waals surface area contributed by atoms with Gasteiger partial charge in [0.15, 0.2) is 5.60 Å². The molecule has 0 aromatic heterocycles. The van der Waals surface area contributed by atoms with Crippen molar-refractivity contribution in [2.45, 2.75) is 24.5 Å². The van der Waals surface area contributed by atoms with Crippen LogP contribution in [0.2, 0.25) is 0 Å². The molecular weight excluding hydrogens is 378 g/mol. The highest BCUT2D eigenvalue weighted by Crippen LogP contribution is 2.45. The molecule has 30 heavy (non-hydrogen) atoms. The lowest BCUT2D eigenvalue weighted by Gasteiger charge is -2.43. The number of cyclic esters (lactones) is 1. The Kier molecular flexibility index (Phi) is 4.95. The second-order valence-corrected chi connectivity index (χ2v) is 8.35. The Morgan fingerprint density at radius 3 is 2.13 bits per heavy atom. The summed E-state index contributed by atoms with van der Waals surface area (Å²) in [5.74, 6) is 0.282. The summed E-state index contributed by atoms with van der Waals surface area (Å²) < 4.78 is 6.18. The van der Waals surface area contributed by atoms with E-state index in [0.29, 0.717) is 19.6 Å². The van der Waals surface area contributed by atoms with E-state index in [2.05, 4.69) is 5.32 Å². The number of piperidine rings is 1. The molecule has 0 bridgehead atoms. The van der Waals surface area contributed by atoms with Gasteiger partial charge in [0.2, 0.25) is 5.91 Å². The van der Waals surface area contributed by atoms with Crippen LogP contribution in [0.5, 0.6) is 0 Å². The number of amides is 2. The summed E-state index contributed by atoms with van der Waals surface area (Å²) in [4.78, 5) is 30.0. The molecule has 3 heterocycles. The Morgan fingerprint density at radius 2 is 1.53 bits per heavy atom. The van der Waals surface area contributed by atoms with Gasteiger partial charge < -0.3 is 15.0 Å². The number of fused-ring (bicyclic) bond motifs is 1. The fourth-order valence-corrected chi connectivity index (χ4v) is 5.18. The van der Waals surface area contributed by atoms with Crippen molar-refractivity contribution < 1.29 is 14.3 Å². The molecule has 6 heteroatoms. The molecule has 2 aromatic carbocycles. The summed E-state index contributed by atoms with van der Waals surface area (Å²) in [5.41, 5.74) is 0.952. The molecule has 0 saturated carbocycles. The average Bonchev–Trinajstić information content (AvgIpc) is 3.13. The summed E-state index contributed by atoms with van der Waals surface area (Å²) in [5, 5.41) is 3.33. The Labute approximate surface area is 176 Å². The van der Waals surface area contributed by atoms with Crippen LogP contribution in [0.4, 0.5) is 4.79 Å². The fourth-order valence-electron chi connectivity index (χ4n) is 5.18. The van der Waals surface area contributed by atoms with Crippen LogP contribution in [-0.4, -0.2) is 60.6 Å². The van der Waals surface area contributed by atoms with Crippen LogP contribution in [0, 0.1) is 5.92 Å². The van der Waals surface area contributed by atoms with Crippen molar-refractivity contribution in [1.82, 2.24) is 15.1 Å². The first-order chi connectivity index (χ1) is 14.7. The van der Waals surface area contributed by atoms with Crippen LogP contribution in [0.1, 0.15) is 24.0 Å². The molecule has 1 unspecified atom stereocenters. The van der Waals surface area contributed by atoms with Crippen molar-refractivity contribution in [2.75, 3.05) is 32.7 Å². The quantitative estimate of drug-likeness (QED) is 0.853. The van der Waals surface area contributed by atoms with E-state index in [-0.39, 0.29) is 24.0 Å². The lowest BCUT2D eigenvalue weighted by molar-refractivity contribution is -0.139. The number of ether oxygens (including phenoxy) is 1. The summed E-state index contributed by atoms with van der Waals surface area (Å²) in [6, 6.07) is 19.6. The van der Waals surface area contributed by atoms with Crippen LogP contribution in [-0.2, 0) is 15.1 Å². The molecule has 1 atom stereocenters. The predicted molar refractivity (Wildman–Crippen MR) is 113 cm³/mol. The first-order valence-electron chi connectivity index (χ1n) is 10.8. The van der Waals surface area contributed by atoms with E-state index in [9.17, 15) is 9.59 Å². The van der Waals surface area contributed by atoms with E-state index in [4.69, 9.17) is 4.74 Å². The minimum Gasteiger partial charge on any atom is -0.431 e.